The van der Waals surface area contributed by atoms with Crippen molar-refractivity contribution in [2.75, 3.05) is 23.9 Å². The molecule has 2 heterocycles. The van der Waals surface area contributed by atoms with Crippen molar-refractivity contribution >= 4 is 23.0 Å². The van der Waals surface area contributed by atoms with Crippen molar-refractivity contribution in [3.63, 3.8) is 0 Å². The van der Waals surface area contributed by atoms with Crippen LogP contribution in [0.2, 0.25) is 0 Å². The number of aliphatic hydroxyl groups is 1. The zero-order valence-corrected chi connectivity index (χ0v) is 19.7. The molecule has 0 spiro atoms. The van der Waals surface area contributed by atoms with Crippen molar-refractivity contribution in [2.24, 2.45) is 0 Å². The molecule has 2 aliphatic rings. The van der Waals surface area contributed by atoms with Crippen LogP contribution < -0.4 is 19.7 Å². The lowest BCUT2D eigenvalue weighted by molar-refractivity contribution is 0.166. The van der Waals surface area contributed by atoms with E-state index < -0.39 is 6.23 Å². The molecule has 2 N–H and O–H groups in total. The van der Waals surface area contributed by atoms with Crippen LogP contribution >= 0.6 is 11.6 Å². The van der Waals surface area contributed by atoms with E-state index in [1.165, 1.54) is 11.1 Å². The Labute approximate surface area is 199 Å². The second kappa shape index (κ2) is 9.16. The van der Waals surface area contributed by atoms with E-state index in [1.54, 1.807) is 7.11 Å². The first-order valence-electron chi connectivity index (χ1n) is 11.4. The van der Waals surface area contributed by atoms with Gasteiger partial charge in [-0.15, -0.1) is 11.6 Å². The molecule has 0 radical (unpaired) electrons. The summed E-state index contributed by atoms with van der Waals surface area (Å²) in [6.07, 6.45) is 1.09. The van der Waals surface area contributed by atoms with Gasteiger partial charge in [-0.3, -0.25) is 0 Å². The zero-order chi connectivity index (χ0) is 22.9. The molecule has 2 aliphatic heterocycles. The number of alkyl halides is 1. The molecule has 5 rings (SSSR count). The zero-order valence-electron chi connectivity index (χ0n) is 19.0. The number of hydrogen-bond acceptors (Lipinski definition) is 5. The van der Waals surface area contributed by atoms with Crippen LogP contribution in [0.3, 0.4) is 0 Å². The summed E-state index contributed by atoms with van der Waals surface area (Å²) in [7, 11) is 1.63. The van der Waals surface area contributed by atoms with Crippen molar-refractivity contribution in [3.05, 3.63) is 82.4 Å². The van der Waals surface area contributed by atoms with Crippen molar-refractivity contribution in [2.45, 2.75) is 44.5 Å². The minimum Gasteiger partial charge on any atom is -0.493 e. The number of halogens is 1. The standard InChI is InChI=1S/C27H29ClN2O3/c1-3-17-8-18(14-28)10-19(9-17)16-33-26-13-23-22(12-25(26)32-2)27(31)30-21(15-29-23)11-20-6-4-5-7-24(20)30/h4-10,12-13,21,27,29,31H,3,11,14-16H2,1-2H3/t21-,27?/m0/s1. The lowest BCUT2D eigenvalue weighted by Gasteiger charge is -2.30. The Morgan fingerprint density at radius 3 is 2.64 bits per heavy atom. The van der Waals surface area contributed by atoms with E-state index >= 15 is 0 Å². The molecule has 172 valence electrons. The van der Waals surface area contributed by atoms with Crippen LogP contribution in [0.25, 0.3) is 0 Å². The summed E-state index contributed by atoms with van der Waals surface area (Å²) in [6, 6.07) is 18.7. The van der Waals surface area contributed by atoms with E-state index in [0.717, 1.165) is 47.5 Å². The molecule has 6 heteroatoms. The van der Waals surface area contributed by atoms with Crippen LogP contribution in [-0.2, 0) is 25.3 Å². The first kappa shape index (κ1) is 21.9. The third-order valence-electron chi connectivity index (χ3n) is 6.59. The summed E-state index contributed by atoms with van der Waals surface area (Å²) >= 11 is 6.08. The maximum atomic E-state index is 11.4. The van der Waals surface area contributed by atoms with Crippen LogP contribution in [0.5, 0.6) is 11.5 Å². The van der Waals surface area contributed by atoms with Gasteiger partial charge in [0.05, 0.1) is 13.2 Å². The summed E-state index contributed by atoms with van der Waals surface area (Å²) in [5.74, 6) is 1.73. The van der Waals surface area contributed by atoms with Gasteiger partial charge in [0.25, 0.3) is 0 Å². The molecular formula is C27H29ClN2O3. The highest BCUT2D eigenvalue weighted by Crippen LogP contribution is 2.44. The van der Waals surface area contributed by atoms with Crippen LogP contribution in [0.15, 0.2) is 54.6 Å². The van der Waals surface area contributed by atoms with Gasteiger partial charge in [-0.1, -0.05) is 43.3 Å². The number of aryl methyl sites for hydroxylation is 1. The number of aliphatic hydroxyl groups excluding tert-OH is 1. The van der Waals surface area contributed by atoms with E-state index in [-0.39, 0.29) is 6.04 Å². The summed E-state index contributed by atoms with van der Waals surface area (Å²) in [6.45, 7) is 3.29. The minimum atomic E-state index is -0.765. The second-order valence-corrected chi connectivity index (χ2v) is 8.94. The number of methoxy groups -OCH3 is 1. The molecule has 33 heavy (non-hydrogen) atoms. The maximum Gasteiger partial charge on any atom is 0.163 e. The molecule has 3 aromatic carbocycles. The third-order valence-corrected chi connectivity index (χ3v) is 6.90. The number of para-hydroxylation sites is 1. The Hall–Kier alpha value is -2.89. The summed E-state index contributed by atoms with van der Waals surface area (Å²) in [5, 5.41) is 14.9. The van der Waals surface area contributed by atoms with E-state index in [9.17, 15) is 5.11 Å². The number of ether oxygens (including phenoxy) is 2. The summed E-state index contributed by atoms with van der Waals surface area (Å²) in [4.78, 5) is 2.11. The quantitative estimate of drug-likeness (QED) is 0.477. The fourth-order valence-electron chi connectivity index (χ4n) is 4.94. The SMILES string of the molecule is CCc1cc(CCl)cc(COc2cc3c(cc2OC)C(O)N2c4ccccc4C[C@H]2CN3)c1. The Kier molecular flexibility index (Phi) is 6.09. The van der Waals surface area contributed by atoms with E-state index in [4.69, 9.17) is 21.1 Å². The fourth-order valence-corrected chi connectivity index (χ4v) is 5.10. The Bertz CT molecular complexity index is 1140. The maximum absolute atomic E-state index is 11.4. The smallest absolute Gasteiger partial charge is 0.163 e. The molecule has 0 bridgehead atoms. The minimum absolute atomic E-state index is 0.186. The number of rotatable bonds is 6. The van der Waals surface area contributed by atoms with Gasteiger partial charge in [0.1, 0.15) is 6.61 Å². The molecule has 1 unspecified atom stereocenters. The van der Waals surface area contributed by atoms with Crippen molar-refractivity contribution in [1.82, 2.24) is 0 Å². The fraction of sp³-hybridized carbons (Fsp3) is 0.333. The molecule has 0 aliphatic carbocycles. The van der Waals surface area contributed by atoms with Crippen LogP contribution in [0.4, 0.5) is 11.4 Å². The van der Waals surface area contributed by atoms with Crippen molar-refractivity contribution in [3.8, 4) is 11.5 Å². The number of anilines is 2. The Morgan fingerprint density at radius 2 is 1.85 bits per heavy atom. The first-order valence-corrected chi connectivity index (χ1v) is 11.9. The highest BCUT2D eigenvalue weighted by molar-refractivity contribution is 6.17. The molecule has 0 saturated heterocycles. The number of fused-ring (bicyclic) bond motifs is 4. The van der Waals surface area contributed by atoms with Gasteiger partial charge in [-0.25, -0.2) is 0 Å². The highest BCUT2D eigenvalue weighted by atomic mass is 35.5. The molecule has 0 aromatic heterocycles. The Morgan fingerprint density at radius 1 is 1.06 bits per heavy atom. The molecular weight excluding hydrogens is 436 g/mol. The number of nitrogens with one attached hydrogen (secondary N) is 1. The van der Waals surface area contributed by atoms with Crippen LogP contribution in [0.1, 0.15) is 41.0 Å². The third kappa shape index (κ3) is 4.11. The molecule has 0 amide bonds. The monoisotopic (exact) mass is 464 g/mol. The van der Waals surface area contributed by atoms with Gasteiger partial charge in [0, 0.05) is 35.4 Å². The second-order valence-electron chi connectivity index (χ2n) is 8.67. The molecule has 0 saturated carbocycles. The first-order chi connectivity index (χ1) is 16.1. The van der Waals surface area contributed by atoms with Gasteiger partial charge in [-0.2, -0.15) is 0 Å². The molecule has 0 fully saturated rings. The average molecular weight is 465 g/mol. The van der Waals surface area contributed by atoms with Gasteiger partial charge in [0.2, 0.25) is 0 Å². The van der Waals surface area contributed by atoms with Gasteiger partial charge in [-0.05, 0) is 47.2 Å². The summed E-state index contributed by atoms with van der Waals surface area (Å²) in [5.41, 5.74) is 7.43. The van der Waals surface area contributed by atoms with Crippen LogP contribution in [0, 0.1) is 0 Å². The Balaban J connectivity index is 1.44. The van der Waals surface area contributed by atoms with Gasteiger partial charge < -0.3 is 24.8 Å². The number of nitrogens with zero attached hydrogens (tertiary/aromatic N) is 1. The van der Waals surface area contributed by atoms with E-state index in [1.807, 2.05) is 18.2 Å². The van der Waals surface area contributed by atoms with Gasteiger partial charge >= 0.3 is 0 Å². The predicted octanol–water partition coefficient (Wildman–Crippen LogP) is 5.42. The number of benzene rings is 3. The number of hydrogen-bond donors (Lipinski definition) is 2. The lowest BCUT2D eigenvalue weighted by atomic mass is 10.1. The summed E-state index contributed by atoms with van der Waals surface area (Å²) < 4.78 is 11.9. The van der Waals surface area contributed by atoms with E-state index in [2.05, 4.69) is 53.5 Å². The van der Waals surface area contributed by atoms with Crippen LogP contribution in [-0.4, -0.2) is 24.8 Å². The molecule has 5 nitrogen and oxygen atoms in total. The largest absolute Gasteiger partial charge is 0.493 e. The normalized spacial score (nSPS) is 18.6. The predicted molar refractivity (Wildman–Crippen MR) is 133 cm³/mol. The topological polar surface area (TPSA) is 54.0 Å². The molecule has 3 aromatic rings. The van der Waals surface area contributed by atoms with Gasteiger partial charge in [0.15, 0.2) is 17.7 Å². The van der Waals surface area contributed by atoms with E-state index in [0.29, 0.717) is 24.0 Å². The molecule has 2 atom stereocenters. The van der Waals surface area contributed by atoms with Crippen molar-refractivity contribution < 1.29 is 14.6 Å². The average Bonchev–Trinajstić information content (AvgIpc) is 3.17. The highest BCUT2D eigenvalue weighted by Gasteiger charge is 2.37. The lowest BCUT2D eigenvalue weighted by Crippen LogP contribution is -2.37. The van der Waals surface area contributed by atoms with Crippen molar-refractivity contribution in [1.29, 1.82) is 0 Å².